The second kappa shape index (κ2) is 6.98. The van der Waals surface area contributed by atoms with E-state index < -0.39 is 0 Å². The van der Waals surface area contributed by atoms with Crippen molar-refractivity contribution in [1.29, 1.82) is 0 Å². The predicted molar refractivity (Wildman–Crippen MR) is 83.6 cm³/mol. The summed E-state index contributed by atoms with van der Waals surface area (Å²) < 4.78 is 11.4. The Morgan fingerprint density at radius 3 is 2.95 bits per heavy atom. The van der Waals surface area contributed by atoms with Gasteiger partial charge in [0.1, 0.15) is 5.82 Å². The van der Waals surface area contributed by atoms with Crippen molar-refractivity contribution in [2.75, 3.05) is 30.8 Å². The monoisotopic (exact) mass is 291 g/mol. The van der Waals surface area contributed by atoms with Gasteiger partial charge in [0.2, 0.25) is 5.88 Å². The van der Waals surface area contributed by atoms with Crippen LogP contribution in [0.2, 0.25) is 0 Å². The highest BCUT2D eigenvalue weighted by atomic mass is 16.5. The highest BCUT2D eigenvalue weighted by Gasteiger charge is 2.22. The number of ether oxygens (including phenoxy) is 2. The minimum absolute atomic E-state index is 0.394. The number of pyridine rings is 1. The minimum Gasteiger partial charge on any atom is -0.476 e. The minimum atomic E-state index is 0.394. The fourth-order valence-corrected chi connectivity index (χ4v) is 2.54. The van der Waals surface area contributed by atoms with Crippen LogP contribution >= 0.6 is 0 Å². The molecule has 2 aliphatic rings. The molecule has 1 unspecified atom stereocenters. The normalized spacial score (nSPS) is 22.0. The zero-order chi connectivity index (χ0) is 14.5. The van der Waals surface area contributed by atoms with Crippen LogP contribution in [0.4, 0.5) is 11.5 Å². The first-order valence-electron chi connectivity index (χ1n) is 8.06. The van der Waals surface area contributed by atoms with Crippen LogP contribution in [0.1, 0.15) is 38.5 Å². The molecule has 1 aromatic heterocycles. The molecule has 1 saturated carbocycles. The van der Waals surface area contributed by atoms with Crippen molar-refractivity contribution in [3.05, 3.63) is 12.1 Å². The summed E-state index contributed by atoms with van der Waals surface area (Å²) in [5, 5.41) is 3.34. The predicted octanol–water partition coefficient (Wildman–Crippen LogP) is 2.82. The average molecular weight is 291 g/mol. The third kappa shape index (κ3) is 4.49. The van der Waals surface area contributed by atoms with E-state index in [1.165, 1.54) is 32.1 Å². The largest absolute Gasteiger partial charge is 0.476 e. The quantitative estimate of drug-likeness (QED) is 0.808. The summed E-state index contributed by atoms with van der Waals surface area (Å²) in [5.74, 6) is 2.08. The summed E-state index contributed by atoms with van der Waals surface area (Å²) in [7, 11) is 0. The SMILES string of the molecule is Nc1ccc(NCCC2CCCCO2)nc1OCC1CC1. The van der Waals surface area contributed by atoms with E-state index in [1.54, 1.807) is 0 Å². The Kier molecular flexibility index (Phi) is 4.80. The zero-order valence-electron chi connectivity index (χ0n) is 12.5. The smallest absolute Gasteiger partial charge is 0.239 e. The molecular weight excluding hydrogens is 266 g/mol. The summed E-state index contributed by atoms with van der Waals surface area (Å²) in [6.07, 6.45) is 7.59. The topological polar surface area (TPSA) is 69.4 Å². The second-order valence-corrected chi connectivity index (χ2v) is 6.05. The molecule has 0 spiro atoms. The molecule has 0 radical (unpaired) electrons. The van der Waals surface area contributed by atoms with Gasteiger partial charge in [0.05, 0.1) is 18.4 Å². The highest BCUT2D eigenvalue weighted by Crippen LogP contribution is 2.30. The molecule has 2 heterocycles. The lowest BCUT2D eigenvalue weighted by Crippen LogP contribution is -2.22. The van der Waals surface area contributed by atoms with Gasteiger partial charge in [-0.15, -0.1) is 0 Å². The van der Waals surface area contributed by atoms with Crippen molar-refractivity contribution >= 4 is 11.5 Å². The molecule has 0 amide bonds. The van der Waals surface area contributed by atoms with Gasteiger partial charge in [0, 0.05) is 13.2 Å². The number of nitrogens with two attached hydrogens (primary N) is 1. The van der Waals surface area contributed by atoms with E-state index in [4.69, 9.17) is 15.2 Å². The molecule has 5 heteroatoms. The molecule has 1 saturated heterocycles. The zero-order valence-corrected chi connectivity index (χ0v) is 12.5. The summed E-state index contributed by atoms with van der Waals surface area (Å²) in [6.45, 7) is 2.50. The first-order chi connectivity index (χ1) is 10.3. The van der Waals surface area contributed by atoms with Crippen LogP contribution in [0.25, 0.3) is 0 Å². The highest BCUT2D eigenvalue weighted by molar-refractivity contribution is 5.53. The van der Waals surface area contributed by atoms with Gasteiger partial charge >= 0.3 is 0 Å². The van der Waals surface area contributed by atoms with Gasteiger partial charge in [-0.25, -0.2) is 0 Å². The molecular formula is C16H25N3O2. The number of nitrogens with zero attached hydrogens (tertiary/aromatic N) is 1. The molecule has 116 valence electrons. The van der Waals surface area contributed by atoms with Crippen LogP contribution in [-0.4, -0.2) is 30.8 Å². The maximum Gasteiger partial charge on any atom is 0.239 e. The van der Waals surface area contributed by atoms with Crippen molar-refractivity contribution in [2.45, 2.75) is 44.6 Å². The Labute approximate surface area is 126 Å². The van der Waals surface area contributed by atoms with Crippen molar-refractivity contribution in [3.63, 3.8) is 0 Å². The van der Waals surface area contributed by atoms with Crippen LogP contribution in [0.5, 0.6) is 5.88 Å². The number of nitrogen functional groups attached to an aromatic ring is 1. The van der Waals surface area contributed by atoms with E-state index in [-0.39, 0.29) is 0 Å². The molecule has 1 aliphatic heterocycles. The third-order valence-corrected chi connectivity index (χ3v) is 4.09. The summed E-state index contributed by atoms with van der Waals surface area (Å²) >= 11 is 0. The molecule has 0 aromatic carbocycles. The lowest BCUT2D eigenvalue weighted by Gasteiger charge is -2.22. The summed E-state index contributed by atoms with van der Waals surface area (Å²) in [5.41, 5.74) is 6.51. The van der Waals surface area contributed by atoms with Crippen molar-refractivity contribution in [1.82, 2.24) is 4.98 Å². The number of nitrogens with one attached hydrogen (secondary N) is 1. The molecule has 21 heavy (non-hydrogen) atoms. The van der Waals surface area contributed by atoms with E-state index in [2.05, 4.69) is 10.3 Å². The Bertz CT molecular complexity index is 457. The fraction of sp³-hybridized carbons (Fsp3) is 0.688. The number of hydrogen-bond donors (Lipinski definition) is 2. The fourth-order valence-electron chi connectivity index (χ4n) is 2.54. The molecule has 3 rings (SSSR count). The van der Waals surface area contributed by atoms with Gasteiger partial charge in [-0.3, -0.25) is 0 Å². The molecule has 3 N–H and O–H groups in total. The van der Waals surface area contributed by atoms with E-state index in [0.717, 1.165) is 32.0 Å². The van der Waals surface area contributed by atoms with E-state index in [1.807, 2.05) is 12.1 Å². The average Bonchev–Trinajstić information content (AvgIpc) is 3.33. The molecule has 1 atom stereocenters. The number of anilines is 2. The Hall–Kier alpha value is -1.49. The Balaban J connectivity index is 1.46. The van der Waals surface area contributed by atoms with Crippen LogP contribution < -0.4 is 15.8 Å². The third-order valence-electron chi connectivity index (χ3n) is 4.09. The van der Waals surface area contributed by atoms with Crippen LogP contribution in [0.15, 0.2) is 12.1 Å². The second-order valence-electron chi connectivity index (χ2n) is 6.05. The molecule has 2 fully saturated rings. The van der Waals surface area contributed by atoms with Crippen LogP contribution in [0, 0.1) is 5.92 Å². The van der Waals surface area contributed by atoms with E-state index in [9.17, 15) is 0 Å². The number of aromatic nitrogens is 1. The van der Waals surface area contributed by atoms with Crippen molar-refractivity contribution in [3.8, 4) is 5.88 Å². The lowest BCUT2D eigenvalue weighted by molar-refractivity contribution is 0.0134. The summed E-state index contributed by atoms with van der Waals surface area (Å²) in [4.78, 5) is 4.46. The standard InChI is InChI=1S/C16H25N3O2/c17-14-6-7-15(19-16(14)21-11-12-4-5-12)18-9-8-13-3-1-2-10-20-13/h6-7,12-13H,1-5,8-11,17H2,(H,18,19). The van der Waals surface area contributed by atoms with Gasteiger partial charge in [-0.2, -0.15) is 4.98 Å². The Morgan fingerprint density at radius 1 is 1.29 bits per heavy atom. The van der Waals surface area contributed by atoms with Gasteiger partial charge < -0.3 is 20.5 Å². The maximum absolute atomic E-state index is 5.91. The molecule has 5 nitrogen and oxygen atoms in total. The van der Waals surface area contributed by atoms with Crippen LogP contribution in [-0.2, 0) is 4.74 Å². The van der Waals surface area contributed by atoms with Gasteiger partial charge in [0.15, 0.2) is 0 Å². The summed E-state index contributed by atoms with van der Waals surface area (Å²) in [6, 6.07) is 3.76. The van der Waals surface area contributed by atoms with Gasteiger partial charge in [0.25, 0.3) is 0 Å². The number of rotatable bonds is 7. The molecule has 1 aromatic rings. The van der Waals surface area contributed by atoms with Crippen molar-refractivity contribution < 1.29 is 9.47 Å². The van der Waals surface area contributed by atoms with Gasteiger partial charge in [-0.1, -0.05) is 0 Å². The van der Waals surface area contributed by atoms with E-state index in [0.29, 0.717) is 23.6 Å². The first-order valence-corrected chi connectivity index (χ1v) is 8.06. The Morgan fingerprint density at radius 2 is 2.19 bits per heavy atom. The number of hydrogen-bond acceptors (Lipinski definition) is 5. The lowest BCUT2D eigenvalue weighted by atomic mass is 10.1. The van der Waals surface area contributed by atoms with Crippen LogP contribution in [0.3, 0.4) is 0 Å². The first kappa shape index (κ1) is 14.4. The molecule has 1 aliphatic carbocycles. The van der Waals surface area contributed by atoms with Crippen molar-refractivity contribution in [2.24, 2.45) is 5.92 Å². The van der Waals surface area contributed by atoms with Gasteiger partial charge in [-0.05, 0) is 56.6 Å². The molecule has 0 bridgehead atoms. The van der Waals surface area contributed by atoms with E-state index >= 15 is 0 Å². The maximum atomic E-state index is 5.91.